The number of ether oxygens (including phenoxy) is 1. The van der Waals surface area contributed by atoms with Crippen molar-refractivity contribution in [1.82, 2.24) is 19.7 Å². The van der Waals surface area contributed by atoms with Crippen LogP contribution in [0, 0.1) is 6.92 Å². The highest BCUT2D eigenvalue weighted by atomic mass is 16.5. The average molecular weight is 358 g/mol. The molecule has 1 aliphatic heterocycles. The second kappa shape index (κ2) is 7.43. The molecular formula is C19H26N4O3. The number of pyridine rings is 1. The van der Waals surface area contributed by atoms with E-state index in [1.165, 1.54) is 6.20 Å². The highest BCUT2D eigenvalue weighted by Crippen LogP contribution is 2.22. The molecule has 0 spiro atoms. The van der Waals surface area contributed by atoms with Crippen molar-refractivity contribution in [3.05, 3.63) is 23.5 Å². The molecule has 1 aliphatic rings. The SMILES string of the molecule is CCC1CCCCN1C(=O)C(C)OC(=O)c1cnc2c(c1)c(C)nn2C. The molecule has 0 radical (unpaired) electrons. The topological polar surface area (TPSA) is 77.3 Å². The summed E-state index contributed by atoms with van der Waals surface area (Å²) in [5.41, 5.74) is 1.84. The zero-order chi connectivity index (χ0) is 18.8. The third-order valence-electron chi connectivity index (χ3n) is 5.11. The molecule has 1 amide bonds. The Bertz CT molecular complexity index is 830. The van der Waals surface area contributed by atoms with E-state index in [1.54, 1.807) is 17.7 Å². The van der Waals surface area contributed by atoms with Gasteiger partial charge in [-0.3, -0.25) is 9.48 Å². The van der Waals surface area contributed by atoms with Crippen molar-refractivity contribution in [2.45, 2.75) is 58.6 Å². The van der Waals surface area contributed by atoms with Crippen molar-refractivity contribution in [3.8, 4) is 0 Å². The fourth-order valence-electron chi connectivity index (χ4n) is 3.65. The lowest BCUT2D eigenvalue weighted by Gasteiger charge is -2.36. The molecule has 1 saturated heterocycles. The van der Waals surface area contributed by atoms with Gasteiger partial charge in [0.05, 0.1) is 11.3 Å². The standard InChI is InChI=1S/C19H26N4O3/c1-5-15-8-6-7-9-23(15)18(24)13(3)26-19(25)14-10-16-12(2)21-22(4)17(16)20-11-14/h10-11,13,15H,5-9H2,1-4H3. The summed E-state index contributed by atoms with van der Waals surface area (Å²) in [6.07, 6.45) is 4.76. The molecule has 3 heterocycles. The molecular weight excluding hydrogens is 332 g/mol. The summed E-state index contributed by atoms with van der Waals surface area (Å²) in [6.45, 7) is 6.33. The first kappa shape index (κ1) is 18.4. The lowest BCUT2D eigenvalue weighted by atomic mass is 9.99. The Hall–Kier alpha value is -2.44. The summed E-state index contributed by atoms with van der Waals surface area (Å²) in [5, 5.41) is 5.11. The summed E-state index contributed by atoms with van der Waals surface area (Å²) in [5.74, 6) is -0.648. The van der Waals surface area contributed by atoms with Crippen LogP contribution >= 0.6 is 0 Å². The van der Waals surface area contributed by atoms with Gasteiger partial charge in [0.25, 0.3) is 5.91 Å². The number of aromatic nitrogens is 3. The Kier molecular flexibility index (Phi) is 5.25. The molecule has 7 heteroatoms. The number of carbonyl (C=O) groups is 2. The summed E-state index contributed by atoms with van der Waals surface area (Å²) in [6, 6.07) is 1.97. The zero-order valence-corrected chi connectivity index (χ0v) is 15.9. The molecule has 3 rings (SSSR count). The lowest BCUT2D eigenvalue weighted by molar-refractivity contribution is -0.143. The van der Waals surface area contributed by atoms with Crippen LogP contribution in [0.25, 0.3) is 11.0 Å². The van der Waals surface area contributed by atoms with Crippen LogP contribution in [0.3, 0.4) is 0 Å². The third-order valence-corrected chi connectivity index (χ3v) is 5.11. The Balaban J connectivity index is 1.72. The maximum absolute atomic E-state index is 12.7. The Morgan fingerprint density at radius 1 is 1.38 bits per heavy atom. The van der Waals surface area contributed by atoms with Crippen LogP contribution in [0.4, 0.5) is 0 Å². The summed E-state index contributed by atoms with van der Waals surface area (Å²) in [4.78, 5) is 31.4. The number of rotatable bonds is 4. The number of amides is 1. The first-order valence-electron chi connectivity index (χ1n) is 9.23. The Labute approximate surface area is 153 Å². The predicted molar refractivity (Wildman–Crippen MR) is 97.8 cm³/mol. The smallest absolute Gasteiger partial charge is 0.340 e. The molecule has 2 aromatic rings. The number of piperidine rings is 1. The normalized spacial score (nSPS) is 18.8. The first-order chi connectivity index (χ1) is 12.4. The molecule has 0 aliphatic carbocycles. The minimum atomic E-state index is -0.805. The minimum absolute atomic E-state index is 0.114. The van der Waals surface area contributed by atoms with Gasteiger partial charge in [-0.15, -0.1) is 0 Å². The van der Waals surface area contributed by atoms with E-state index < -0.39 is 12.1 Å². The fraction of sp³-hybridized carbons (Fsp3) is 0.579. The van der Waals surface area contributed by atoms with E-state index >= 15 is 0 Å². The van der Waals surface area contributed by atoms with E-state index in [0.29, 0.717) is 11.2 Å². The van der Waals surface area contributed by atoms with Crippen LogP contribution in [0.1, 0.15) is 55.6 Å². The quantitative estimate of drug-likeness (QED) is 0.785. The maximum Gasteiger partial charge on any atom is 0.340 e. The molecule has 140 valence electrons. The second-order valence-corrected chi connectivity index (χ2v) is 6.94. The Morgan fingerprint density at radius 2 is 2.15 bits per heavy atom. The van der Waals surface area contributed by atoms with Crippen LogP contribution in [0.2, 0.25) is 0 Å². The zero-order valence-electron chi connectivity index (χ0n) is 15.9. The van der Waals surface area contributed by atoms with Gasteiger partial charge in [-0.2, -0.15) is 5.10 Å². The minimum Gasteiger partial charge on any atom is -0.449 e. The van der Waals surface area contributed by atoms with E-state index in [1.807, 2.05) is 18.9 Å². The van der Waals surface area contributed by atoms with Crippen molar-refractivity contribution in [2.24, 2.45) is 7.05 Å². The number of esters is 1. The van der Waals surface area contributed by atoms with Gasteiger partial charge in [-0.25, -0.2) is 9.78 Å². The van der Waals surface area contributed by atoms with E-state index in [9.17, 15) is 9.59 Å². The molecule has 2 aromatic heterocycles. The second-order valence-electron chi connectivity index (χ2n) is 6.94. The van der Waals surface area contributed by atoms with Gasteiger partial charge < -0.3 is 9.64 Å². The highest BCUT2D eigenvalue weighted by Gasteiger charge is 2.30. The first-order valence-corrected chi connectivity index (χ1v) is 9.23. The molecule has 1 fully saturated rings. The predicted octanol–water partition coefficient (Wildman–Crippen LogP) is 2.61. The van der Waals surface area contributed by atoms with Gasteiger partial charge in [0.2, 0.25) is 0 Å². The molecule has 0 aromatic carbocycles. The number of nitrogens with zero attached hydrogens (tertiary/aromatic N) is 4. The van der Waals surface area contributed by atoms with Gasteiger partial charge in [-0.05, 0) is 45.6 Å². The number of aryl methyl sites for hydroxylation is 2. The van der Waals surface area contributed by atoms with Crippen molar-refractivity contribution < 1.29 is 14.3 Å². The van der Waals surface area contributed by atoms with Gasteiger partial charge in [-0.1, -0.05) is 6.92 Å². The average Bonchev–Trinajstić information content (AvgIpc) is 2.94. The molecule has 7 nitrogen and oxygen atoms in total. The monoisotopic (exact) mass is 358 g/mol. The number of hydrogen-bond acceptors (Lipinski definition) is 5. The molecule has 2 atom stereocenters. The summed E-state index contributed by atoms with van der Waals surface area (Å²) < 4.78 is 7.12. The lowest BCUT2D eigenvalue weighted by Crippen LogP contribution is -2.48. The van der Waals surface area contributed by atoms with Crippen LogP contribution in [0.15, 0.2) is 12.3 Å². The van der Waals surface area contributed by atoms with Crippen LogP contribution in [-0.4, -0.2) is 50.2 Å². The summed E-state index contributed by atoms with van der Waals surface area (Å²) >= 11 is 0. The van der Waals surface area contributed by atoms with Crippen LogP contribution in [0.5, 0.6) is 0 Å². The van der Waals surface area contributed by atoms with Gasteiger partial charge >= 0.3 is 5.97 Å². The van der Waals surface area contributed by atoms with E-state index in [4.69, 9.17) is 4.74 Å². The molecule has 0 bridgehead atoms. The third kappa shape index (κ3) is 3.43. The number of fused-ring (bicyclic) bond motifs is 1. The van der Waals surface area contributed by atoms with Crippen molar-refractivity contribution in [2.75, 3.05) is 6.54 Å². The Morgan fingerprint density at radius 3 is 2.88 bits per heavy atom. The van der Waals surface area contributed by atoms with Gasteiger partial charge in [0.15, 0.2) is 11.8 Å². The van der Waals surface area contributed by atoms with E-state index in [-0.39, 0.29) is 11.9 Å². The maximum atomic E-state index is 12.7. The van der Waals surface area contributed by atoms with Crippen molar-refractivity contribution >= 4 is 22.9 Å². The van der Waals surface area contributed by atoms with E-state index in [2.05, 4.69) is 17.0 Å². The number of carbonyl (C=O) groups excluding carboxylic acids is 2. The highest BCUT2D eigenvalue weighted by molar-refractivity contribution is 5.95. The fourth-order valence-corrected chi connectivity index (χ4v) is 3.65. The summed E-state index contributed by atoms with van der Waals surface area (Å²) in [7, 11) is 1.81. The molecule has 2 unspecified atom stereocenters. The number of hydrogen-bond donors (Lipinski definition) is 0. The van der Waals surface area contributed by atoms with Crippen molar-refractivity contribution in [3.63, 3.8) is 0 Å². The van der Waals surface area contributed by atoms with Crippen LogP contribution < -0.4 is 0 Å². The van der Waals surface area contributed by atoms with Crippen molar-refractivity contribution in [1.29, 1.82) is 0 Å². The molecule has 0 N–H and O–H groups in total. The van der Waals surface area contributed by atoms with Gasteiger partial charge in [0, 0.05) is 31.2 Å². The molecule has 0 saturated carbocycles. The largest absolute Gasteiger partial charge is 0.449 e. The van der Waals surface area contributed by atoms with Gasteiger partial charge in [0.1, 0.15) is 0 Å². The number of likely N-dealkylation sites (tertiary alicyclic amines) is 1. The van der Waals surface area contributed by atoms with E-state index in [0.717, 1.165) is 43.3 Å². The van der Waals surface area contributed by atoms with Crippen LogP contribution in [-0.2, 0) is 16.6 Å². The molecule has 26 heavy (non-hydrogen) atoms.